The van der Waals surface area contributed by atoms with Crippen LogP contribution in [0.1, 0.15) is 11.1 Å². The van der Waals surface area contributed by atoms with E-state index in [0.29, 0.717) is 23.7 Å². The number of methoxy groups -OCH3 is 1. The van der Waals surface area contributed by atoms with Crippen LogP contribution >= 0.6 is 15.9 Å². The van der Waals surface area contributed by atoms with E-state index in [1.807, 2.05) is 42.5 Å². The average Bonchev–Trinajstić information content (AvgIpc) is 2.60. The molecule has 0 saturated carbocycles. The third kappa shape index (κ3) is 2.59. The summed E-state index contributed by atoms with van der Waals surface area (Å²) in [6, 6.07) is 13.1. The van der Waals surface area contributed by atoms with Crippen molar-refractivity contribution in [2.45, 2.75) is 6.42 Å². The zero-order valence-electron chi connectivity index (χ0n) is 12.8. The van der Waals surface area contributed by atoms with Crippen molar-refractivity contribution in [2.24, 2.45) is 0 Å². The first kappa shape index (κ1) is 15.0. The Morgan fingerprint density at radius 1 is 1.21 bits per heavy atom. The molecule has 4 rings (SSSR count). The smallest absolute Gasteiger partial charge is 0.258 e. The van der Waals surface area contributed by atoms with Crippen molar-refractivity contribution in [3.8, 4) is 28.8 Å². The lowest BCUT2D eigenvalue weighted by Crippen LogP contribution is -2.20. The van der Waals surface area contributed by atoms with Gasteiger partial charge in [-0.3, -0.25) is 4.79 Å². The molecule has 2 aromatic carbocycles. The van der Waals surface area contributed by atoms with Crippen molar-refractivity contribution < 1.29 is 9.47 Å². The molecule has 0 aliphatic carbocycles. The Labute approximate surface area is 146 Å². The lowest BCUT2D eigenvalue weighted by Gasteiger charge is -2.19. The maximum absolute atomic E-state index is 12.5. The number of hydrogen-bond donors (Lipinski definition) is 1. The monoisotopic (exact) mass is 384 g/mol. The van der Waals surface area contributed by atoms with Gasteiger partial charge in [0.2, 0.25) is 5.88 Å². The minimum Gasteiger partial charge on any atom is -0.497 e. The normalized spacial score (nSPS) is 12.1. The van der Waals surface area contributed by atoms with E-state index in [1.54, 1.807) is 7.11 Å². The molecule has 0 atom stereocenters. The van der Waals surface area contributed by atoms with E-state index in [0.717, 1.165) is 27.1 Å². The molecule has 1 aliphatic heterocycles. The first-order valence-electron chi connectivity index (χ1n) is 7.38. The number of aromatic nitrogens is 2. The number of halogens is 1. The number of hydrogen-bond acceptors (Lipinski definition) is 4. The second-order valence-electron chi connectivity index (χ2n) is 5.46. The fourth-order valence-corrected chi connectivity index (χ4v) is 3.09. The number of fused-ring (bicyclic) bond motifs is 2. The third-order valence-corrected chi connectivity index (χ3v) is 4.43. The maximum Gasteiger partial charge on any atom is 0.258 e. The Bertz CT molecular complexity index is 981. The highest BCUT2D eigenvalue weighted by molar-refractivity contribution is 9.10. The molecule has 3 aromatic rings. The van der Waals surface area contributed by atoms with E-state index in [2.05, 4.69) is 25.9 Å². The van der Waals surface area contributed by atoms with E-state index in [-0.39, 0.29) is 5.56 Å². The van der Waals surface area contributed by atoms with Crippen molar-refractivity contribution >= 4 is 15.9 Å². The van der Waals surface area contributed by atoms with Gasteiger partial charge in [-0.15, -0.1) is 0 Å². The van der Waals surface area contributed by atoms with Crippen LogP contribution in [0.3, 0.4) is 0 Å². The minimum atomic E-state index is -0.184. The Morgan fingerprint density at radius 3 is 2.75 bits per heavy atom. The first-order valence-corrected chi connectivity index (χ1v) is 8.17. The van der Waals surface area contributed by atoms with Crippen molar-refractivity contribution in [1.29, 1.82) is 0 Å². The standard InChI is InChI=1S/C18H13BrN2O3/c1-23-13-5-2-10(3-6-13)16-20-17(22)14-9-11-8-12(19)4-7-15(11)24-18(14)21-16/h2-8H,9H2,1H3,(H,20,21,22). The summed E-state index contributed by atoms with van der Waals surface area (Å²) in [6.45, 7) is 0. The molecule has 24 heavy (non-hydrogen) atoms. The number of H-pyrrole nitrogens is 1. The van der Waals surface area contributed by atoms with Gasteiger partial charge in [0.15, 0.2) is 0 Å². The molecule has 6 heteroatoms. The zero-order valence-corrected chi connectivity index (χ0v) is 14.4. The number of benzene rings is 2. The quantitative estimate of drug-likeness (QED) is 0.569. The Hall–Kier alpha value is -2.60. The summed E-state index contributed by atoms with van der Waals surface area (Å²) >= 11 is 3.44. The fourth-order valence-electron chi connectivity index (χ4n) is 2.68. The molecule has 0 unspecified atom stereocenters. The van der Waals surface area contributed by atoms with Crippen LogP contribution in [0, 0.1) is 0 Å². The summed E-state index contributed by atoms with van der Waals surface area (Å²) in [4.78, 5) is 19.8. The molecule has 1 aliphatic rings. The SMILES string of the molecule is COc1ccc(-c2nc3c(c(=O)[nH]2)Cc2cc(Br)ccc2O3)cc1. The largest absolute Gasteiger partial charge is 0.497 e. The van der Waals surface area contributed by atoms with Crippen molar-refractivity contribution in [3.05, 3.63) is 68.4 Å². The summed E-state index contributed by atoms with van der Waals surface area (Å²) in [6.07, 6.45) is 0.495. The molecule has 1 aromatic heterocycles. The summed E-state index contributed by atoms with van der Waals surface area (Å²) in [5, 5.41) is 0. The number of ether oxygens (including phenoxy) is 2. The van der Waals surface area contributed by atoms with Crippen molar-refractivity contribution in [2.75, 3.05) is 7.11 Å². The number of aromatic amines is 1. The van der Waals surface area contributed by atoms with Crippen LogP contribution in [0.2, 0.25) is 0 Å². The fraction of sp³-hybridized carbons (Fsp3) is 0.111. The highest BCUT2D eigenvalue weighted by atomic mass is 79.9. The lowest BCUT2D eigenvalue weighted by molar-refractivity contribution is 0.415. The van der Waals surface area contributed by atoms with E-state index < -0.39 is 0 Å². The average molecular weight is 385 g/mol. The first-order chi connectivity index (χ1) is 11.6. The van der Waals surface area contributed by atoms with Gasteiger partial charge in [-0.05, 0) is 42.5 Å². The van der Waals surface area contributed by atoms with E-state index in [1.165, 1.54) is 0 Å². The van der Waals surface area contributed by atoms with Crippen LogP contribution in [-0.4, -0.2) is 17.1 Å². The molecule has 0 fully saturated rings. The summed E-state index contributed by atoms with van der Waals surface area (Å²) in [5.74, 6) is 2.31. The van der Waals surface area contributed by atoms with Crippen LogP contribution in [0.5, 0.6) is 17.4 Å². The topological polar surface area (TPSA) is 64.2 Å². The van der Waals surface area contributed by atoms with E-state index in [9.17, 15) is 4.79 Å². The van der Waals surface area contributed by atoms with E-state index >= 15 is 0 Å². The second kappa shape index (κ2) is 5.79. The van der Waals surface area contributed by atoms with Crippen LogP contribution in [0.15, 0.2) is 51.7 Å². The van der Waals surface area contributed by atoms with Gasteiger partial charge in [0.1, 0.15) is 17.3 Å². The zero-order chi connectivity index (χ0) is 16.7. The van der Waals surface area contributed by atoms with Gasteiger partial charge in [-0.25, -0.2) is 0 Å². The molecular weight excluding hydrogens is 372 g/mol. The van der Waals surface area contributed by atoms with Gasteiger partial charge in [-0.1, -0.05) is 15.9 Å². The predicted molar refractivity (Wildman–Crippen MR) is 93.9 cm³/mol. The minimum absolute atomic E-state index is 0.184. The third-order valence-electron chi connectivity index (χ3n) is 3.94. The molecule has 2 heterocycles. The Morgan fingerprint density at radius 2 is 2.00 bits per heavy atom. The Kier molecular flexibility index (Phi) is 3.61. The van der Waals surface area contributed by atoms with Crippen LogP contribution in [-0.2, 0) is 6.42 Å². The Balaban J connectivity index is 1.77. The van der Waals surface area contributed by atoms with Crippen LogP contribution < -0.4 is 15.0 Å². The molecule has 120 valence electrons. The second-order valence-corrected chi connectivity index (χ2v) is 6.37. The lowest BCUT2D eigenvalue weighted by atomic mass is 10.0. The van der Waals surface area contributed by atoms with Crippen molar-refractivity contribution in [1.82, 2.24) is 9.97 Å². The number of rotatable bonds is 2. The predicted octanol–water partition coefficient (Wildman–Crippen LogP) is 3.90. The highest BCUT2D eigenvalue weighted by Gasteiger charge is 2.22. The molecule has 0 amide bonds. The number of nitrogens with zero attached hydrogens (tertiary/aromatic N) is 1. The van der Waals surface area contributed by atoms with Crippen molar-refractivity contribution in [3.63, 3.8) is 0 Å². The molecule has 0 radical (unpaired) electrons. The van der Waals surface area contributed by atoms with Gasteiger partial charge in [-0.2, -0.15) is 4.98 Å². The molecular formula is C18H13BrN2O3. The van der Waals surface area contributed by atoms with Crippen LogP contribution in [0.25, 0.3) is 11.4 Å². The maximum atomic E-state index is 12.5. The van der Waals surface area contributed by atoms with Crippen LogP contribution in [0.4, 0.5) is 0 Å². The summed E-state index contributed by atoms with van der Waals surface area (Å²) < 4.78 is 11.9. The molecule has 0 bridgehead atoms. The molecule has 5 nitrogen and oxygen atoms in total. The summed E-state index contributed by atoms with van der Waals surface area (Å²) in [7, 11) is 1.61. The van der Waals surface area contributed by atoms with Gasteiger partial charge in [0.25, 0.3) is 5.56 Å². The highest BCUT2D eigenvalue weighted by Crippen LogP contribution is 2.35. The molecule has 0 spiro atoms. The van der Waals surface area contributed by atoms with Gasteiger partial charge >= 0.3 is 0 Å². The number of nitrogens with one attached hydrogen (secondary N) is 1. The van der Waals surface area contributed by atoms with Gasteiger partial charge in [0, 0.05) is 22.0 Å². The molecule has 1 N–H and O–H groups in total. The van der Waals surface area contributed by atoms with Gasteiger partial charge < -0.3 is 14.5 Å². The van der Waals surface area contributed by atoms with E-state index in [4.69, 9.17) is 9.47 Å². The molecule has 0 saturated heterocycles. The van der Waals surface area contributed by atoms with Gasteiger partial charge in [0.05, 0.1) is 12.7 Å². The summed E-state index contributed by atoms with van der Waals surface area (Å²) in [5.41, 5.74) is 2.11.